The summed E-state index contributed by atoms with van der Waals surface area (Å²) in [7, 11) is 0. The predicted octanol–water partition coefficient (Wildman–Crippen LogP) is 6.54. The number of anilines is 1. The summed E-state index contributed by atoms with van der Waals surface area (Å²) < 4.78 is 7.08. The number of rotatable bonds is 4. The average Bonchev–Trinajstić information content (AvgIpc) is 3.12. The fraction of sp³-hybridized carbons (Fsp3) is 0. The van der Waals surface area contributed by atoms with Crippen LogP contribution in [-0.4, -0.2) is 11.2 Å². The van der Waals surface area contributed by atoms with Crippen LogP contribution >= 0.6 is 54.8 Å². The molecule has 140 valence electrons. The SMILES string of the molecule is O=c1oc2c(Br)cc(Br)cc2cc1-c1cnc(N/N=C/c2ccc(Cl)cc2)s1. The molecule has 0 bridgehead atoms. The topological polar surface area (TPSA) is 67.5 Å². The van der Waals surface area contributed by atoms with Gasteiger partial charge in [-0.15, -0.1) is 0 Å². The molecule has 0 saturated carbocycles. The van der Waals surface area contributed by atoms with Crippen LogP contribution in [0.4, 0.5) is 5.13 Å². The Morgan fingerprint density at radius 2 is 1.96 bits per heavy atom. The molecule has 0 aliphatic heterocycles. The van der Waals surface area contributed by atoms with Crippen molar-refractivity contribution in [2.75, 3.05) is 5.43 Å². The van der Waals surface area contributed by atoms with Gasteiger partial charge in [-0.05, 0) is 51.8 Å². The van der Waals surface area contributed by atoms with E-state index in [9.17, 15) is 4.79 Å². The molecule has 0 spiro atoms. The van der Waals surface area contributed by atoms with E-state index in [0.29, 0.717) is 30.7 Å². The van der Waals surface area contributed by atoms with E-state index in [1.54, 1.807) is 30.6 Å². The fourth-order valence-electron chi connectivity index (χ4n) is 2.49. The number of thiazole rings is 1. The normalized spacial score (nSPS) is 11.4. The molecule has 0 amide bonds. The van der Waals surface area contributed by atoms with Crippen LogP contribution in [0.1, 0.15) is 5.56 Å². The highest BCUT2D eigenvalue weighted by atomic mass is 79.9. The highest BCUT2D eigenvalue weighted by molar-refractivity contribution is 9.11. The molecular weight excluding hydrogens is 530 g/mol. The van der Waals surface area contributed by atoms with Crippen molar-refractivity contribution in [3.8, 4) is 10.4 Å². The monoisotopic (exact) mass is 537 g/mol. The lowest BCUT2D eigenvalue weighted by molar-refractivity contribution is 0.562. The van der Waals surface area contributed by atoms with E-state index in [0.717, 1.165) is 15.4 Å². The van der Waals surface area contributed by atoms with Crippen molar-refractivity contribution >= 4 is 77.1 Å². The van der Waals surface area contributed by atoms with Crippen LogP contribution in [0.3, 0.4) is 0 Å². The zero-order chi connectivity index (χ0) is 19.7. The average molecular weight is 540 g/mol. The van der Waals surface area contributed by atoms with Crippen LogP contribution in [0.15, 0.2) is 71.9 Å². The zero-order valence-electron chi connectivity index (χ0n) is 13.9. The molecule has 0 saturated heterocycles. The van der Waals surface area contributed by atoms with Gasteiger partial charge in [0, 0.05) is 21.1 Å². The molecule has 1 N–H and O–H groups in total. The Morgan fingerprint density at radius 3 is 2.75 bits per heavy atom. The molecule has 9 heteroatoms. The second-order valence-corrected chi connectivity index (χ2v) is 8.94. The van der Waals surface area contributed by atoms with Crippen molar-refractivity contribution in [1.29, 1.82) is 0 Å². The van der Waals surface area contributed by atoms with E-state index in [1.165, 1.54) is 11.3 Å². The summed E-state index contributed by atoms with van der Waals surface area (Å²) in [5.74, 6) is 0. The molecule has 4 rings (SSSR count). The van der Waals surface area contributed by atoms with E-state index in [1.807, 2.05) is 24.3 Å². The van der Waals surface area contributed by atoms with Crippen molar-refractivity contribution in [3.05, 3.63) is 78.6 Å². The Morgan fingerprint density at radius 1 is 1.18 bits per heavy atom. The molecule has 0 unspecified atom stereocenters. The lowest BCUT2D eigenvalue weighted by atomic mass is 10.2. The van der Waals surface area contributed by atoms with Gasteiger partial charge in [0.25, 0.3) is 0 Å². The van der Waals surface area contributed by atoms with E-state index in [-0.39, 0.29) is 0 Å². The van der Waals surface area contributed by atoms with Crippen LogP contribution in [0.5, 0.6) is 0 Å². The molecule has 2 aromatic heterocycles. The molecule has 5 nitrogen and oxygen atoms in total. The number of fused-ring (bicyclic) bond motifs is 1. The van der Waals surface area contributed by atoms with Gasteiger partial charge in [0.05, 0.1) is 21.1 Å². The van der Waals surface area contributed by atoms with Crippen molar-refractivity contribution < 1.29 is 4.42 Å². The lowest BCUT2D eigenvalue weighted by Crippen LogP contribution is -2.01. The summed E-state index contributed by atoms with van der Waals surface area (Å²) in [6, 6.07) is 12.8. The molecule has 0 radical (unpaired) electrons. The van der Waals surface area contributed by atoms with Gasteiger partial charge in [-0.2, -0.15) is 5.10 Å². The van der Waals surface area contributed by atoms with Gasteiger partial charge >= 0.3 is 5.63 Å². The number of nitrogens with zero attached hydrogens (tertiary/aromatic N) is 2. The Hall–Kier alpha value is -2.00. The van der Waals surface area contributed by atoms with Crippen molar-refractivity contribution in [1.82, 2.24) is 4.98 Å². The van der Waals surface area contributed by atoms with Crippen molar-refractivity contribution in [3.63, 3.8) is 0 Å². The smallest absolute Gasteiger partial charge is 0.345 e. The second-order valence-electron chi connectivity index (χ2n) is 5.70. The quantitative estimate of drug-likeness (QED) is 0.182. The van der Waals surface area contributed by atoms with E-state index >= 15 is 0 Å². The van der Waals surface area contributed by atoms with Crippen LogP contribution in [0, 0.1) is 0 Å². The maximum atomic E-state index is 12.4. The number of hydrogen-bond donors (Lipinski definition) is 1. The third-order valence-electron chi connectivity index (χ3n) is 3.77. The van der Waals surface area contributed by atoms with E-state index in [2.05, 4.69) is 47.4 Å². The number of nitrogens with one attached hydrogen (secondary N) is 1. The second kappa shape index (κ2) is 8.16. The number of halogens is 3. The third-order valence-corrected chi connectivity index (χ3v) is 6.00. The van der Waals surface area contributed by atoms with Crippen molar-refractivity contribution in [2.45, 2.75) is 0 Å². The van der Waals surface area contributed by atoms with Crippen molar-refractivity contribution in [2.24, 2.45) is 5.10 Å². The highest BCUT2D eigenvalue weighted by Crippen LogP contribution is 2.32. The predicted molar refractivity (Wildman–Crippen MR) is 122 cm³/mol. The van der Waals surface area contributed by atoms with Gasteiger partial charge in [-0.1, -0.05) is 51.0 Å². The minimum atomic E-state index is -0.421. The molecule has 28 heavy (non-hydrogen) atoms. The van der Waals surface area contributed by atoms with Gasteiger partial charge in [-0.25, -0.2) is 9.78 Å². The van der Waals surface area contributed by atoms with Crippen LogP contribution in [0.2, 0.25) is 5.02 Å². The molecule has 2 aromatic carbocycles. The molecule has 0 aliphatic carbocycles. The summed E-state index contributed by atoms with van der Waals surface area (Å²) in [4.78, 5) is 17.4. The fourth-order valence-corrected chi connectivity index (χ4v) is 4.73. The minimum Gasteiger partial charge on any atom is -0.421 e. The summed E-state index contributed by atoms with van der Waals surface area (Å²) in [5.41, 5.74) is 4.31. The summed E-state index contributed by atoms with van der Waals surface area (Å²) in [5, 5.41) is 6.20. The molecule has 4 aromatic rings. The van der Waals surface area contributed by atoms with Gasteiger partial charge in [0.2, 0.25) is 5.13 Å². The summed E-state index contributed by atoms with van der Waals surface area (Å²) in [6.45, 7) is 0. The lowest BCUT2D eigenvalue weighted by Gasteiger charge is -2.03. The number of hydrogen-bond acceptors (Lipinski definition) is 6. The van der Waals surface area contributed by atoms with Gasteiger partial charge in [-0.3, -0.25) is 5.43 Å². The molecule has 2 heterocycles. The molecule has 0 aliphatic rings. The minimum absolute atomic E-state index is 0.421. The van der Waals surface area contributed by atoms with Crippen LogP contribution in [-0.2, 0) is 0 Å². The Kier molecular flexibility index (Phi) is 5.63. The van der Waals surface area contributed by atoms with Gasteiger partial charge < -0.3 is 4.42 Å². The van der Waals surface area contributed by atoms with Gasteiger partial charge in [0.1, 0.15) is 0 Å². The number of benzene rings is 2. The molecule has 0 atom stereocenters. The first-order chi connectivity index (χ1) is 13.5. The number of hydrazone groups is 1. The maximum absolute atomic E-state index is 12.4. The van der Waals surface area contributed by atoms with E-state index in [4.69, 9.17) is 16.0 Å². The first-order valence-corrected chi connectivity index (χ1v) is 10.7. The largest absolute Gasteiger partial charge is 0.421 e. The summed E-state index contributed by atoms with van der Waals surface area (Å²) >= 11 is 14.0. The third kappa shape index (κ3) is 4.20. The molecular formula is C19H10Br2ClN3O2S. The first kappa shape index (κ1) is 19.3. The number of aromatic nitrogens is 1. The maximum Gasteiger partial charge on any atom is 0.345 e. The highest BCUT2D eigenvalue weighted by Gasteiger charge is 2.13. The zero-order valence-corrected chi connectivity index (χ0v) is 18.7. The Labute approximate surface area is 185 Å². The first-order valence-electron chi connectivity index (χ1n) is 7.93. The van der Waals surface area contributed by atoms with E-state index < -0.39 is 5.63 Å². The Balaban J connectivity index is 1.59. The summed E-state index contributed by atoms with van der Waals surface area (Å²) in [6.07, 6.45) is 3.28. The Bertz CT molecular complexity index is 1250. The van der Waals surface area contributed by atoms with Crippen LogP contribution < -0.4 is 11.1 Å². The van der Waals surface area contributed by atoms with Crippen LogP contribution in [0.25, 0.3) is 21.4 Å². The standard InChI is InChI=1S/C19H10Br2ClN3O2S/c20-12-5-11-6-14(18(26)27-17(11)15(21)7-12)16-9-23-19(28-16)25-24-8-10-1-3-13(22)4-2-10/h1-9H,(H,23,25)/b24-8+. The molecule has 0 fully saturated rings. The van der Waals surface area contributed by atoms with Gasteiger partial charge in [0.15, 0.2) is 5.58 Å².